The van der Waals surface area contributed by atoms with Crippen LogP contribution >= 0.6 is 0 Å². The van der Waals surface area contributed by atoms with E-state index < -0.39 is 20.8 Å². The first-order valence-electron chi connectivity index (χ1n) is 7.93. The molecule has 0 radical (unpaired) electrons. The summed E-state index contributed by atoms with van der Waals surface area (Å²) in [6, 6.07) is 0. The molecule has 0 aromatic carbocycles. The SMILES string of the molecule is CC(C)[Si](O)(O[C@H]1C2=CO[C@@H](C)C=C2C(=O)[C@@H]2O[C@@H]21)C(C)C. The molecule has 0 amide bonds. The van der Waals surface area contributed by atoms with Crippen molar-refractivity contribution in [3.8, 4) is 0 Å². The molecule has 5 nitrogen and oxygen atoms in total. The lowest BCUT2D eigenvalue weighted by Crippen LogP contribution is -2.51. The van der Waals surface area contributed by atoms with Gasteiger partial charge in [-0.2, -0.15) is 0 Å². The van der Waals surface area contributed by atoms with Crippen molar-refractivity contribution in [2.75, 3.05) is 0 Å². The number of ether oxygens (including phenoxy) is 2. The molecule has 1 saturated heterocycles. The van der Waals surface area contributed by atoms with Gasteiger partial charge in [0.15, 0.2) is 5.78 Å². The third kappa shape index (κ3) is 2.38. The van der Waals surface area contributed by atoms with E-state index in [0.717, 1.165) is 0 Å². The Bertz CT molecular complexity index is 543. The number of hydrogen-bond acceptors (Lipinski definition) is 5. The predicted octanol–water partition coefficient (Wildman–Crippen LogP) is 2.21. The summed E-state index contributed by atoms with van der Waals surface area (Å²) in [6.07, 6.45) is 2.17. The van der Waals surface area contributed by atoms with Crippen molar-refractivity contribution in [3.63, 3.8) is 0 Å². The van der Waals surface area contributed by atoms with Crippen molar-refractivity contribution in [1.82, 2.24) is 0 Å². The van der Waals surface area contributed by atoms with E-state index in [2.05, 4.69) is 0 Å². The summed E-state index contributed by atoms with van der Waals surface area (Å²) in [4.78, 5) is 23.4. The minimum atomic E-state index is -2.94. The first kappa shape index (κ1) is 15.9. The lowest BCUT2D eigenvalue weighted by molar-refractivity contribution is -0.117. The molecule has 1 aliphatic carbocycles. The normalized spacial score (nSPS) is 33.9. The molecular weight excluding hydrogens is 300 g/mol. The average molecular weight is 324 g/mol. The smallest absolute Gasteiger partial charge is 0.341 e. The number of hydrogen-bond donors (Lipinski definition) is 1. The Hall–Kier alpha value is -0.953. The van der Waals surface area contributed by atoms with E-state index in [1.165, 1.54) is 0 Å². The molecule has 0 spiro atoms. The standard InChI is InChI=1S/C16H24O5Si/c1-8(2)22(18,9(3)4)21-14-12-7-19-10(5)6-11(12)13(17)15-16(14)20-15/h6-10,14-16,18H,1-5H3/t10-,14-,15-,16+/m0/s1. The summed E-state index contributed by atoms with van der Waals surface area (Å²) in [5.74, 6) is 0.00514. The largest absolute Gasteiger partial charge is 0.494 e. The number of ketones is 1. The van der Waals surface area contributed by atoms with Gasteiger partial charge < -0.3 is 18.7 Å². The molecule has 0 unspecified atom stereocenters. The van der Waals surface area contributed by atoms with Crippen LogP contribution in [0.1, 0.15) is 34.6 Å². The van der Waals surface area contributed by atoms with Gasteiger partial charge >= 0.3 is 8.56 Å². The maximum Gasteiger partial charge on any atom is 0.341 e. The van der Waals surface area contributed by atoms with Crippen molar-refractivity contribution >= 4 is 14.3 Å². The molecule has 22 heavy (non-hydrogen) atoms. The van der Waals surface area contributed by atoms with E-state index in [1.54, 1.807) is 6.26 Å². The second kappa shape index (κ2) is 5.30. The van der Waals surface area contributed by atoms with Crippen LogP contribution in [-0.4, -0.2) is 43.6 Å². The molecule has 3 rings (SSSR count). The van der Waals surface area contributed by atoms with Crippen LogP contribution in [0.25, 0.3) is 0 Å². The number of rotatable bonds is 4. The van der Waals surface area contributed by atoms with Crippen LogP contribution in [0.5, 0.6) is 0 Å². The molecule has 3 aliphatic rings. The van der Waals surface area contributed by atoms with E-state index >= 15 is 0 Å². The van der Waals surface area contributed by atoms with Crippen LogP contribution < -0.4 is 0 Å². The van der Waals surface area contributed by atoms with E-state index in [9.17, 15) is 9.59 Å². The third-order valence-corrected chi connectivity index (χ3v) is 8.69. The average Bonchev–Trinajstić information content (AvgIpc) is 3.23. The fourth-order valence-electron chi connectivity index (χ4n) is 3.23. The topological polar surface area (TPSA) is 68.3 Å². The van der Waals surface area contributed by atoms with Crippen LogP contribution in [0.3, 0.4) is 0 Å². The van der Waals surface area contributed by atoms with E-state index in [0.29, 0.717) is 11.1 Å². The number of epoxide rings is 1. The Labute approximate surface area is 132 Å². The Kier molecular flexibility index (Phi) is 3.84. The summed E-state index contributed by atoms with van der Waals surface area (Å²) in [7, 11) is -2.94. The Balaban J connectivity index is 1.91. The Morgan fingerprint density at radius 1 is 1.27 bits per heavy atom. The van der Waals surface area contributed by atoms with E-state index in [4.69, 9.17) is 13.9 Å². The molecule has 1 saturated carbocycles. The number of fused-ring (bicyclic) bond motifs is 2. The fraction of sp³-hybridized carbons (Fsp3) is 0.688. The van der Waals surface area contributed by atoms with Crippen molar-refractivity contribution in [3.05, 3.63) is 23.5 Å². The van der Waals surface area contributed by atoms with Gasteiger partial charge in [-0.3, -0.25) is 4.79 Å². The number of carbonyl (C=O) groups is 1. The Morgan fingerprint density at radius 3 is 2.50 bits per heavy atom. The monoisotopic (exact) mass is 324 g/mol. The van der Waals surface area contributed by atoms with Crippen molar-refractivity contribution in [2.45, 2.75) is 70.1 Å². The van der Waals surface area contributed by atoms with E-state index in [-0.39, 0.29) is 29.1 Å². The van der Waals surface area contributed by atoms with Crippen LogP contribution in [0.2, 0.25) is 11.1 Å². The first-order valence-corrected chi connectivity index (χ1v) is 9.94. The highest BCUT2D eigenvalue weighted by molar-refractivity contribution is 6.69. The number of carbonyl (C=O) groups excluding carboxylic acids is 1. The molecule has 2 fully saturated rings. The summed E-state index contributed by atoms with van der Waals surface area (Å²) in [6.45, 7) is 9.81. The molecule has 6 heteroatoms. The zero-order chi connectivity index (χ0) is 16.2. The lowest BCUT2D eigenvalue weighted by atomic mass is 9.85. The highest BCUT2D eigenvalue weighted by Crippen LogP contribution is 2.46. The van der Waals surface area contributed by atoms with Crippen molar-refractivity contribution in [2.24, 2.45) is 0 Å². The predicted molar refractivity (Wildman–Crippen MR) is 83.4 cm³/mol. The van der Waals surface area contributed by atoms with Gasteiger partial charge in [0, 0.05) is 11.1 Å². The lowest BCUT2D eigenvalue weighted by Gasteiger charge is -2.38. The van der Waals surface area contributed by atoms with E-state index in [1.807, 2.05) is 40.7 Å². The van der Waals surface area contributed by atoms with Gasteiger partial charge in [0.25, 0.3) is 0 Å². The molecule has 0 aromatic heterocycles. The van der Waals surface area contributed by atoms with Crippen molar-refractivity contribution in [1.29, 1.82) is 0 Å². The van der Waals surface area contributed by atoms with Crippen LogP contribution in [0.15, 0.2) is 23.5 Å². The summed E-state index contributed by atoms with van der Waals surface area (Å²) >= 11 is 0. The molecule has 0 aromatic rings. The quantitative estimate of drug-likeness (QED) is 0.634. The van der Waals surface area contributed by atoms with Crippen LogP contribution in [-0.2, 0) is 18.7 Å². The van der Waals surface area contributed by atoms with Gasteiger partial charge in [0.1, 0.15) is 24.4 Å². The zero-order valence-electron chi connectivity index (χ0n) is 13.7. The maximum absolute atomic E-state index is 12.3. The molecule has 2 aliphatic heterocycles. The summed E-state index contributed by atoms with van der Waals surface area (Å²) in [5, 5.41) is 0. The van der Waals surface area contributed by atoms with Gasteiger partial charge in [-0.1, -0.05) is 27.7 Å². The summed E-state index contributed by atoms with van der Waals surface area (Å²) in [5.41, 5.74) is 1.46. The molecule has 1 N–H and O–H groups in total. The highest BCUT2D eigenvalue weighted by Gasteiger charge is 2.60. The Morgan fingerprint density at radius 2 is 1.91 bits per heavy atom. The second-order valence-corrected chi connectivity index (χ2v) is 11.0. The first-order chi connectivity index (χ1) is 10.3. The number of Topliss-reactive ketones (excluding diaryl/α,β-unsaturated/α-hetero) is 1. The molecular formula is C16H24O5Si. The van der Waals surface area contributed by atoms with Crippen LogP contribution in [0.4, 0.5) is 0 Å². The second-order valence-electron chi connectivity index (χ2n) is 6.98. The van der Waals surface area contributed by atoms with Gasteiger partial charge in [0.05, 0.1) is 6.26 Å². The van der Waals surface area contributed by atoms with Gasteiger partial charge in [-0.15, -0.1) is 0 Å². The molecule has 4 atom stereocenters. The van der Waals surface area contributed by atoms with Gasteiger partial charge in [-0.25, -0.2) is 0 Å². The molecule has 0 bridgehead atoms. The highest BCUT2D eigenvalue weighted by atomic mass is 28.4. The van der Waals surface area contributed by atoms with Crippen molar-refractivity contribution < 1.29 is 23.5 Å². The van der Waals surface area contributed by atoms with Gasteiger partial charge in [-0.05, 0) is 24.1 Å². The maximum atomic E-state index is 12.3. The van der Waals surface area contributed by atoms with Crippen LogP contribution in [0, 0.1) is 0 Å². The van der Waals surface area contributed by atoms with Gasteiger partial charge in [0.2, 0.25) is 0 Å². The molecule has 2 heterocycles. The minimum absolute atomic E-state index is 0.00514. The fourth-order valence-corrected chi connectivity index (χ4v) is 5.77. The third-order valence-electron chi connectivity index (χ3n) is 4.75. The minimum Gasteiger partial charge on any atom is -0.494 e. The summed E-state index contributed by atoms with van der Waals surface area (Å²) < 4.78 is 17.3. The molecule has 122 valence electrons. The zero-order valence-corrected chi connectivity index (χ0v) is 14.7.